The van der Waals surface area contributed by atoms with Crippen LogP contribution in [0.2, 0.25) is 5.02 Å². The molecule has 4 nitrogen and oxygen atoms in total. The Morgan fingerprint density at radius 1 is 1.13 bits per heavy atom. The van der Waals surface area contributed by atoms with E-state index >= 15 is 0 Å². The molecule has 0 aliphatic carbocycles. The fraction of sp³-hybridized carbons (Fsp3) is 0.111. The average molecular weight is 331 g/mol. The van der Waals surface area contributed by atoms with Crippen LogP contribution in [0.15, 0.2) is 54.6 Å². The summed E-state index contributed by atoms with van der Waals surface area (Å²) in [7, 11) is 1.32. The highest BCUT2D eigenvalue weighted by molar-refractivity contribution is 6.30. The maximum absolute atomic E-state index is 11.7. The standard InChI is InChI=1S/C18H15ClO4/c1-22-18(21)15-6-2-5-14(10-15)12-23-17(20)9-8-13-4-3-7-16(19)11-13/h2-11H,12H2,1H3/b9-8+. The van der Waals surface area contributed by atoms with Crippen LogP contribution < -0.4 is 0 Å². The van der Waals surface area contributed by atoms with Gasteiger partial charge in [-0.2, -0.15) is 0 Å². The first-order chi connectivity index (χ1) is 11.1. The van der Waals surface area contributed by atoms with Gasteiger partial charge in [0.2, 0.25) is 0 Å². The third kappa shape index (κ3) is 5.27. The van der Waals surface area contributed by atoms with Crippen LogP contribution in [-0.2, 0) is 20.9 Å². The van der Waals surface area contributed by atoms with Crippen molar-refractivity contribution in [3.63, 3.8) is 0 Å². The number of ether oxygens (including phenoxy) is 2. The third-order valence-corrected chi connectivity index (χ3v) is 3.22. The van der Waals surface area contributed by atoms with Gasteiger partial charge in [0.25, 0.3) is 0 Å². The van der Waals surface area contributed by atoms with Crippen LogP contribution in [0.25, 0.3) is 6.08 Å². The average Bonchev–Trinajstić information content (AvgIpc) is 2.57. The first kappa shape index (κ1) is 16.8. The summed E-state index contributed by atoms with van der Waals surface area (Å²) in [6, 6.07) is 13.9. The molecule has 0 radical (unpaired) electrons. The summed E-state index contributed by atoms with van der Waals surface area (Å²) in [5, 5.41) is 0.597. The van der Waals surface area contributed by atoms with Crippen LogP contribution in [0.5, 0.6) is 0 Å². The normalized spacial score (nSPS) is 10.5. The molecule has 0 amide bonds. The highest BCUT2D eigenvalue weighted by Crippen LogP contribution is 2.12. The van der Waals surface area contributed by atoms with Crippen molar-refractivity contribution in [3.8, 4) is 0 Å². The maximum Gasteiger partial charge on any atom is 0.337 e. The second-order valence-electron chi connectivity index (χ2n) is 4.69. The summed E-state index contributed by atoms with van der Waals surface area (Å²) in [6.45, 7) is 0.0730. The fourth-order valence-corrected chi connectivity index (χ4v) is 2.08. The molecule has 0 spiro atoms. The second-order valence-corrected chi connectivity index (χ2v) is 5.12. The van der Waals surface area contributed by atoms with Crippen molar-refractivity contribution in [1.29, 1.82) is 0 Å². The van der Waals surface area contributed by atoms with E-state index < -0.39 is 11.9 Å². The van der Waals surface area contributed by atoms with Gasteiger partial charge in [-0.3, -0.25) is 0 Å². The SMILES string of the molecule is COC(=O)c1cccc(COC(=O)/C=C/c2cccc(Cl)c2)c1. The molecular formula is C18H15ClO4. The molecule has 5 heteroatoms. The Hall–Kier alpha value is -2.59. The number of hydrogen-bond acceptors (Lipinski definition) is 4. The Kier molecular flexibility index (Phi) is 5.94. The van der Waals surface area contributed by atoms with Gasteiger partial charge >= 0.3 is 11.9 Å². The molecule has 0 atom stereocenters. The minimum atomic E-state index is -0.478. The van der Waals surface area contributed by atoms with Crippen molar-refractivity contribution in [2.75, 3.05) is 7.11 Å². The highest BCUT2D eigenvalue weighted by atomic mass is 35.5. The molecule has 0 unspecified atom stereocenters. The number of esters is 2. The zero-order valence-corrected chi connectivity index (χ0v) is 13.2. The van der Waals surface area contributed by atoms with Gasteiger partial charge in [0.05, 0.1) is 12.7 Å². The predicted octanol–water partition coefficient (Wildman–Crippen LogP) is 3.88. The van der Waals surface area contributed by atoms with Gasteiger partial charge in [-0.15, -0.1) is 0 Å². The van der Waals surface area contributed by atoms with Crippen LogP contribution in [0.4, 0.5) is 0 Å². The van der Waals surface area contributed by atoms with E-state index in [0.29, 0.717) is 16.1 Å². The first-order valence-electron chi connectivity index (χ1n) is 6.86. The van der Waals surface area contributed by atoms with Crippen molar-refractivity contribution < 1.29 is 19.1 Å². The largest absolute Gasteiger partial charge is 0.465 e. The van der Waals surface area contributed by atoms with E-state index in [1.807, 2.05) is 6.07 Å². The van der Waals surface area contributed by atoms with Crippen molar-refractivity contribution >= 4 is 29.6 Å². The lowest BCUT2D eigenvalue weighted by Gasteiger charge is -2.04. The third-order valence-electron chi connectivity index (χ3n) is 2.99. The highest BCUT2D eigenvalue weighted by Gasteiger charge is 2.06. The minimum Gasteiger partial charge on any atom is -0.465 e. The Morgan fingerprint density at radius 2 is 1.91 bits per heavy atom. The van der Waals surface area contributed by atoms with Crippen LogP contribution in [-0.4, -0.2) is 19.0 Å². The van der Waals surface area contributed by atoms with Gasteiger partial charge in [0.15, 0.2) is 0 Å². The number of halogens is 1. The fourth-order valence-electron chi connectivity index (χ4n) is 1.88. The Morgan fingerprint density at radius 3 is 2.65 bits per heavy atom. The van der Waals surface area contributed by atoms with E-state index in [1.165, 1.54) is 13.2 Å². The van der Waals surface area contributed by atoms with Crippen LogP contribution in [0, 0.1) is 0 Å². The molecule has 2 rings (SSSR count). The predicted molar refractivity (Wildman–Crippen MR) is 88.1 cm³/mol. The number of carbonyl (C=O) groups is 2. The molecule has 23 heavy (non-hydrogen) atoms. The molecule has 2 aromatic carbocycles. The van der Waals surface area contributed by atoms with Crippen LogP contribution >= 0.6 is 11.6 Å². The van der Waals surface area contributed by atoms with E-state index in [-0.39, 0.29) is 6.61 Å². The van der Waals surface area contributed by atoms with Gasteiger partial charge in [-0.1, -0.05) is 35.9 Å². The number of hydrogen-bond donors (Lipinski definition) is 0. The minimum absolute atomic E-state index is 0.0730. The Balaban J connectivity index is 1.93. The number of methoxy groups -OCH3 is 1. The van der Waals surface area contributed by atoms with Crippen molar-refractivity contribution in [2.45, 2.75) is 6.61 Å². The van der Waals surface area contributed by atoms with E-state index in [9.17, 15) is 9.59 Å². The molecule has 0 heterocycles. The molecule has 118 valence electrons. The van der Waals surface area contributed by atoms with Gasteiger partial charge in [-0.25, -0.2) is 9.59 Å². The molecule has 0 saturated carbocycles. The molecule has 0 saturated heterocycles. The lowest BCUT2D eigenvalue weighted by atomic mass is 10.1. The van der Waals surface area contributed by atoms with E-state index in [0.717, 1.165) is 5.56 Å². The summed E-state index contributed by atoms with van der Waals surface area (Å²) >= 11 is 5.87. The second kappa shape index (κ2) is 8.15. The summed E-state index contributed by atoms with van der Waals surface area (Å²) in [5.41, 5.74) is 1.93. The Bertz CT molecular complexity index is 737. The van der Waals surface area contributed by atoms with Crippen molar-refractivity contribution in [2.24, 2.45) is 0 Å². The van der Waals surface area contributed by atoms with Crippen molar-refractivity contribution in [1.82, 2.24) is 0 Å². The van der Waals surface area contributed by atoms with E-state index in [1.54, 1.807) is 48.5 Å². The topological polar surface area (TPSA) is 52.6 Å². The maximum atomic E-state index is 11.7. The van der Waals surface area contributed by atoms with Gasteiger partial charge in [0, 0.05) is 11.1 Å². The lowest BCUT2D eigenvalue weighted by molar-refractivity contribution is -0.138. The molecule has 0 fully saturated rings. The van der Waals surface area contributed by atoms with Crippen molar-refractivity contribution in [3.05, 3.63) is 76.3 Å². The number of benzene rings is 2. The first-order valence-corrected chi connectivity index (χ1v) is 7.24. The van der Waals surface area contributed by atoms with Gasteiger partial charge < -0.3 is 9.47 Å². The molecular weight excluding hydrogens is 316 g/mol. The number of rotatable bonds is 5. The van der Waals surface area contributed by atoms with E-state index in [4.69, 9.17) is 16.3 Å². The molecule has 0 bridgehead atoms. The quantitative estimate of drug-likeness (QED) is 0.616. The van der Waals surface area contributed by atoms with Gasteiger partial charge in [-0.05, 0) is 41.5 Å². The van der Waals surface area contributed by atoms with Gasteiger partial charge in [0.1, 0.15) is 6.61 Å². The molecule has 0 aromatic heterocycles. The molecule has 0 aliphatic heterocycles. The Labute approximate surface area is 139 Å². The summed E-state index contributed by atoms with van der Waals surface area (Å²) < 4.78 is 9.78. The zero-order valence-electron chi connectivity index (χ0n) is 12.5. The summed E-state index contributed by atoms with van der Waals surface area (Å²) in [6.07, 6.45) is 2.95. The molecule has 0 N–H and O–H groups in total. The number of carbonyl (C=O) groups excluding carboxylic acids is 2. The molecule has 0 aliphatic rings. The molecule has 2 aromatic rings. The summed E-state index contributed by atoms with van der Waals surface area (Å²) in [5.74, 6) is -0.910. The lowest BCUT2D eigenvalue weighted by Crippen LogP contribution is -2.04. The van der Waals surface area contributed by atoms with Crippen LogP contribution in [0.1, 0.15) is 21.5 Å². The monoisotopic (exact) mass is 330 g/mol. The summed E-state index contributed by atoms with van der Waals surface area (Å²) in [4.78, 5) is 23.2. The zero-order chi connectivity index (χ0) is 16.7. The van der Waals surface area contributed by atoms with E-state index in [2.05, 4.69) is 4.74 Å². The smallest absolute Gasteiger partial charge is 0.337 e. The van der Waals surface area contributed by atoms with Crippen LogP contribution in [0.3, 0.4) is 0 Å².